The Balaban J connectivity index is 2.31. The average Bonchev–Trinajstić information content (AvgIpc) is 2.79. The number of carbonyl (C=O) groups excluding carboxylic acids is 1. The number of sulfone groups is 1. The van der Waals surface area contributed by atoms with Gasteiger partial charge in [-0.2, -0.15) is 5.10 Å². The van der Waals surface area contributed by atoms with Gasteiger partial charge in [-0.15, -0.1) is 0 Å². The second-order valence-corrected chi connectivity index (χ2v) is 7.48. The van der Waals surface area contributed by atoms with Crippen LogP contribution in [0.4, 0.5) is 5.82 Å². The molecule has 0 fully saturated rings. The van der Waals surface area contributed by atoms with Crippen molar-refractivity contribution in [3.05, 3.63) is 41.6 Å². The zero-order valence-electron chi connectivity index (χ0n) is 13.0. The van der Waals surface area contributed by atoms with Gasteiger partial charge in [0, 0.05) is 23.9 Å². The number of benzene rings is 1. The van der Waals surface area contributed by atoms with E-state index in [9.17, 15) is 13.2 Å². The molecule has 6 nitrogen and oxygen atoms in total. The van der Waals surface area contributed by atoms with E-state index in [0.717, 1.165) is 11.9 Å². The van der Waals surface area contributed by atoms with Crippen LogP contribution in [0.5, 0.6) is 0 Å². The maximum Gasteiger partial charge on any atom is 0.256 e. The molecule has 0 bridgehead atoms. The van der Waals surface area contributed by atoms with Gasteiger partial charge in [0.05, 0.1) is 10.6 Å². The van der Waals surface area contributed by atoms with Gasteiger partial charge < -0.3 is 5.32 Å². The molecule has 0 aliphatic carbocycles. The lowest BCUT2D eigenvalue weighted by Gasteiger charge is -2.12. The van der Waals surface area contributed by atoms with E-state index in [1.54, 1.807) is 22.9 Å². The first-order chi connectivity index (χ1) is 10.2. The standard InChI is InChI=1S/C15H19N3O3S/c1-10(2)18-14(8-11(3)17-18)16-15(19)12-6-5-7-13(9-12)22(4,20)21/h5-10H,1-4H3,(H,16,19). The van der Waals surface area contributed by atoms with Gasteiger partial charge >= 0.3 is 0 Å². The lowest BCUT2D eigenvalue weighted by Crippen LogP contribution is -2.17. The lowest BCUT2D eigenvalue weighted by molar-refractivity contribution is 0.102. The van der Waals surface area contributed by atoms with Gasteiger partial charge in [-0.3, -0.25) is 4.79 Å². The summed E-state index contributed by atoms with van der Waals surface area (Å²) in [5.74, 6) is 0.217. The van der Waals surface area contributed by atoms with Crippen molar-refractivity contribution in [3.63, 3.8) is 0 Å². The first kappa shape index (κ1) is 16.2. The van der Waals surface area contributed by atoms with Crippen LogP contribution in [-0.2, 0) is 9.84 Å². The molecule has 0 aliphatic heterocycles. The number of amides is 1. The fourth-order valence-corrected chi connectivity index (χ4v) is 2.73. The summed E-state index contributed by atoms with van der Waals surface area (Å²) >= 11 is 0. The summed E-state index contributed by atoms with van der Waals surface area (Å²) in [4.78, 5) is 12.4. The largest absolute Gasteiger partial charge is 0.307 e. The third-order valence-electron chi connectivity index (χ3n) is 3.11. The Morgan fingerprint density at radius 3 is 2.55 bits per heavy atom. The molecule has 1 amide bonds. The molecule has 7 heteroatoms. The van der Waals surface area contributed by atoms with Gasteiger partial charge in [-0.25, -0.2) is 13.1 Å². The monoisotopic (exact) mass is 321 g/mol. The van der Waals surface area contributed by atoms with Crippen LogP contribution in [0.1, 0.15) is 35.9 Å². The Morgan fingerprint density at radius 1 is 1.27 bits per heavy atom. The second-order valence-electron chi connectivity index (χ2n) is 5.46. The molecule has 0 spiro atoms. The van der Waals surface area contributed by atoms with E-state index in [1.807, 2.05) is 20.8 Å². The SMILES string of the molecule is Cc1cc(NC(=O)c2cccc(S(C)(=O)=O)c2)n(C(C)C)n1. The van der Waals surface area contributed by atoms with Crippen molar-refractivity contribution < 1.29 is 13.2 Å². The summed E-state index contributed by atoms with van der Waals surface area (Å²) in [5.41, 5.74) is 1.09. The summed E-state index contributed by atoms with van der Waals surface area (Å²) in [7, 11) is -3.35. The molecule has 0 saturated carbocycles. The van der Waals surface area contributed by atoms with Crippen molar-refractivity contribution in [2.45, 2.75) is 31.7 Å². The second kappa shape index (κ2) is 5.92. The maximum atomic E-state index is 12.3. The first-order valence-corrected chi connectivity index (χ1v) is 8.75. The minimum absolute atomic E-state index is 0.103. The topological polar surface area (TPSA) is 81.1 Å². The van der Waals surface area contributed by atoms with Crippen molar-refractivity contribution in [2.24, 2.45) is 0 Å². The van der Waals surface area contributed by atoms with Crippen molar-refractivity contribution in [3.8, 4) is 0 Å². The number of hydrogen-bond donors (Lipinski definition) is 1. The van der Waals surface area contributed by atoms with Crippen LogP contribution in [0.15, 0.2) is 35.2 Å². The van der Waals surface area contributed by atoms with E-state index in [1.165, 1.54) is 12.1 Å². The van der Waals surface area contributed by atoms with Crippen LogP contribution in [0.25, 0.3) is 0 Å². The maximum absolute atomic E-state index is 12.3. The van der Waals surface area contributed by atoms with E-state index < -0.39 is 9.84 Å². The molecular weight excluding hydrogens is 302 g/mol. The van der Waals surface area contributed by atoms with Crippen LogP contribution in [0.2, 0.25) is 0 Å². The number of carbonyl (C=O) groups is 1. The molecule has 0 atom stereocenters. The number of hydrogen-bond acceptors (Lipinski definition) is 4. The van der Waals surface area contributed by atoms with Gasteiger partial charge in [0.15, 0.2) is 9.84 Å². The van der Waals surface area contributed by atoms with Crippen LogP contribution in [0, 0.1) is 6.92 Å². The lowest BCUT2D eigenvalue weighted by atomic mass is 10.2. The van der Waals surface area contributed by atoms with Gasteiger partial charge in [0.1, 0.15) is 5.82 Å². The number of aromatic nitrogens is 2. The van der Waals surface area contributed by atoms with Crippen LogP contribution < -0.4 is 5.32 Å². The molecule has 0 saturated heterocycles. The number of rotatable bonds is 4. The average molecular weight is 321 g/mol. The summed E-state index contributed by atoms with van der Waals surface area (Å²) < 4.78 is 24.8. The minimum atomic E-state index is -3.35. The third kappa shape index (κ3) is 3.54. The molecule has 1 N–H and O–H groups in total. The Kier molecular flexibility index (Phi) is 4.37. The number of anilines is 1. The predicted octanol–water partition coefficient (Wildman–Crippen LogP) is 2.43. The summed E-state index contributed by atoms with van der Waals surface area (Å²) in [6.45, 7) is 5.78. The van der Waals surface area contributed by atoms with Crippen LogP contribution in [-0.4, -0.2) is 30.4 Å². The summed E-state index contributed by atoms with van der Waals surface area (Å²) in [6, 6.07) is 7.84. The van der Waals surface area contributed by atoms with Crippen LogP contribution >= 0.6 is 0 Å². The van der Waals surface area contributed by atoms with E-state index in [-0.39, 0.29) is 22.4 Å². The summed E-state index contributed by atoms with van der Waals surface area (Å²) in [6.07, 6.45) is 1.11. The van der Waals surface area contributed by atoms with Gasteiger partial charge in [0.25, 0.3) is 5.91 Å². The van der Waals surface area contributed by atoms with Gasteiger partial charge in [-0.1, -0.05) is 6.07 Å². The number of nitrogens with one attached hydrogen (secondary N) is 1. The number of nitrogens with zero attached hydrogens (tertiary/aromatic N) is 2. The molecule has 2 aromatic rings. The Morgan fingerprint density at radius 2 is 1.95 bits per heavy atom. The first-order valence-electron chi connectivity index (χ1n) is 6.86. The fourth-order valence-electron chi connectivity index (χ4n) is 2.06. The predicted molar refractivity (Wildman–Crippen MR) is 84.9 cm³/mol. The third-order valence-corrected chi connectivity index (χ3v) is 4.22. The summed E-state index contributed by atoms with van der Waals surface area (Å²) in [5, 5.41) is 7.09. The molecule has 2 rings (SSSR count). The number of aryl methyl sites for hydroxylation is 1. The molecule has 22 heavy (non-hydrogen) atoms. The highest BCUT2D eigenvalue weighted by Crippen LogP contribution is 2.18. The molecule has 0 radical (unpaired) electrons. The highest BCUT2D eigenvalue weighted by Gasteiger charge is 2.15. The van der Waals surface area contributed by atoms with E-state index >= 15 is 0 Å². The highest BCUT2D eigenvalue weighted by molar-refractivity contribution is 7.90. The zero-order valence-corrected chi connectivity index (χ0v) is 13.8. The van der Waals surface area contributed by atoms with Crippen LogP contribution in [0.3, 0.4) is 0 Å². The molecule has 118 valence electrons. The molecule has 1 aromatic carbocycles. The molecule has 1 aromatic heterocycles. The molecule has 0 unspecified atom stereocenters. The Labute approximate surface area is 130 Å². The van der Waals surface area contributed by atoms with Crippen molar-refractivity contribution in [1.29, 1.82) is 0 Å². The molecular formula is C15H19N3O3S. The van der Waals surface area contributed by atoms with E-state index in [2.05, 4.69) is 10.4 Å². The normalized spacial score (nSPS) is 11.7. The fraction of sp³-hybridized carbons (Fsp3) is 0.333. The zero-order chi connectivity index (χ0) is 16.5. The highest BCUT2D eigenvalue weighted by atomic mass is 32.2. The Hall–Kier alpha value is -2.15. The van der Waals surface area contributed by atoms with Gasteiger partial charge in [-0.05, 0) is 39.0 Å². The molecule has 0 aliphatic rings. The van der Waals surface area contributed by atoms with E-state index in [0.29, 0.717) is 5.82 Å². The quantitative estimate of drug-likeness (QED) is 0.937. The van der Waals surface area contributed by atoms with Crippen molar-refractivity contribution in [1.82, 2.24) is 9.78 Å². The van der Waals surface area contributed by atoms with Crippen molar-refractivity contribution in [2.75, 3.05) is 11.6 Å². The smallest absolute Gasteiger partial charge is 0.256 e. The van der Waals surface area contributed by atoms with Gasteiger partial charge in [0.2, 0.25) is 0 Å². The molecule has 1 heterocycles. The van der Waals surface area contributed by atoms with E-state index in [4.69, 9.17) is 0 Å². The van der Waals surface area contributed by atoms with Crippen molar-refractivity contribution >= 4 is 21.6 Å². The Bertz CT molecular complexity index is 807. The minimum Gasteiger partial charge on any atom is -0.307 e.